The molecular formula is C23H31N3O5. The summed E-state index contributed by atoms with van der Waals surface area (Å²) in [5.41, 5.74) is 5.13. The average Bonchev–Trinajstić information content (AvgIpc) is 2.82. The molecule has 0 spiro atoms. The number of hydrogen-bond acceptors (Lipinski definition) is 7. The number of ether oxygens (including phenoxy) is 4. The highest BCUT2D eigenvalue weighted by Crippen LogP contribution is 2.30. The van der Waals surface area contributed by atoms with Crippen molar-refractivity contribution in [1.29, 1.82) is 0 Å². The van der Waals surface area contributed by atoms with E-state index < -0.39 is 0 Å². The molecule has 1 saturated heterocycles. The van der Waals surface area contributed by atoms with E-state index in [1.165, 1.54) is 0 Å². The van der Waals surface area contributed by atoms with Crippen LogP contribution in [0.1, 0.15) is 24.8 Å². The molecule has 1 unspecified atom stereocenters. The van der Waals surface area contributed by atoms with E-state index in [-0.39, 0.29) is 11.9 Å². The van der Waals surface area contributed by atoms with Crippen molar-refractivity contribution in [3.8, 4) is 23.0 Å². The van der Waals surface area contributed by atoms with Gasteiger partial charge in [-0.05, 0) is 49.1 Å². The van der Waals surface area contributed by atoms with E-state index in [4.69, 9.17) is 18.9 Å². The first-order valence-electron chi connectivity index (χ1n) is 10.3. The number of methoxy groups -OCH3 is 4. The van der Waals surface area contributed by atoms with Crippen LogP contribution in [-0.4, -0.2) is 51.9 Å². The number of anilines is 1. The Morgan fingerprint density at radius 3 is 2.23 bits per heavy atom. The highest BCUT2D eigenvalue weighted by Gasteiger charge is 2.29. The van der Waals surface area contributed by atoms with Gasteiger partial charge in [-0.3, -0.25) is 10.2 Å². The van der Waals surface area contributed by atoms with Gasteiger partial charge in [0.25, 0.3) is 0 Å². The molecule has 1 fully saturated rings. The summed E-state index contributed by atoms with van der Waals surface area (Å²) in [6, 6.07) is 10.9. The van der Waals surface area contributed by atoms with Gasteiger partial charge in [0.2, 0.25) is 5.91 Å². The van der Waals surface area contributed by atoms with Gasteiger partial charge in [-0.25, -0.2) is 5.01 Å². The first kappa shape index (κ1) is 22.7. The number of benzene rings is 2. The Morgan fingerprint density at radius 1 is 0.903 bits per heavy atom. The lowest BCUT2D eigenvalue weighted by molar-refractivity contribution is -0.124. The third-order valence-electron chi connectivity index (χ3n) is 5.39. The van der Waals surface area contributed by atoms with Crippen molar-refractivity contribution in [1.82, 2.24) is 10.4 Å². The summed E-state index contributed by atoms with van der Waals surface area (Å²) in [5.74, 6) is 2.52. The number of piperidine rings is 1. The van der Waals surface area contributed by atoms with Crippen molar-refractivity contribution in [3.63, 3.8) is 0 Å². The molecule has 8 heteroatoms. The van der Waals surface area contributed by atoms with Gasteiger partial charge in [0.05, 0.1) is 28.4 Å². The van der Waals surface area contributed by atoms with Gasteiger partial charge in [0.1, 0.15) is 6.04 Å². The van der Waals surface area contributed by atoms with Crippen LogP contribution in [0.2, 0.25) is 0 Å². The minimum absolute atomic E-state index is 0.0493. The van der Waals surface area contributed by atoms with E-state index in [0.29, 0.717) is 35.2 Å². The van der Waals surface area contributed by atoms with Crippen LogP contribution in [0.5, 0.6) is 23.0 Å². The second kappa shape index (κ2) is 10.9. The number of nitrogens with one attached hydrogen (secondary N) is 2. The monoisotopic (exact) mass is 429 g/mol. The molecule has 0 radical (unpaired) electrons. The number of amides is 1. The molecule has 0 bridgehead atoms. The lowest BCUT2D eigenvalue weighted by atomic mass is 10.0. The fraction of sp³-hybridized carbons (Fsp3) is 0.435. The van der Waals surface area contributed by atoms with Crippen molar-refractivity contribution in [2.75, 3.05) is 40.3 Å². The predicted molar refractivity (Wildman–Crippen MR) is 119 cm³/mol. The number of rotatable bonds is 9. The first-order valence-corrected chi connectivity index (χ1v) is 10.3. The summed E-state index contributed by atoms with van der Waals surface area (Å²) in [4.78, 5) is 13.0. The van der Waals surface area contributed by atoms with Gasteiger partial charge < -0.3 is 24.3 Å². The minimum atomic E-state index is -0.262. The van der Waals surface area contributed by atoms with E-state index in [1.807, 2.05) is 29.3 Å². The zero-order valence-electron chi connectivity index (χ0n) is 18.6. The van der Waals surface area contributed by atoms with Crippen LogP contribution in [0.3, 0.4) is 0 Å². The average molecular weight is 430 g/mol. The van der Waals surface area contributed by atoms with E-state index >= 15 is 0 Å². The second-order valence-electron chi connectivity index (χ2n) is 7.29. The molecule has 2 aromatic rings. The van der Waals surface area contributed by atoms with Crippen molar-refractivity contribution in [2.45, 2.75) is 31.8 Å². The molecule has 0 aliphatic carbocycles. The fourth-order valence-corrected chi connectivity index (χ4v) is 3.72. The van der Waals surface area contributed by atoms with Crippen LogP contribution < -0.4 is 29.7 Å². The van der Waals surface area contributed by atoms with Crippen molar-refractivity contribution >= 4 is 11.6 Å². The number of nitrogens with zero attached hydrogens (tertiary/aromatic N) is 1. The van der Waals surface area contributed by atoms with E-state index in [1.54, 1.807) is 40.6 Å². The van der Waals surface area contributed by atoms with Gasteiger partial charge in [0, 0.05) is 24.8 Å². The van der Waals surface area contributed by atoms with Gasteiger partial charge in [-0.1, -0.05) is 6.07 Å². The Kier molecular flexibility index (Phi) is 7.97. The Hall–Kier alpha value is -2.97. The van der Waals surface area contributed by atoms with Gasteiger partial charge in [0.15, 0.2) is 23.0 Å². The summed E-state index contributed by atoms with van der Waals surface area (Å²) in [6.45, 7) is 1.39. The number of carbonyl (C=O) groups is 1. The van der Waals surface area contributed by atoms with Crippen molar-refractivity contribution < 1.29 is 23.7 Å². The lowest BCUT2D eigenvalue weighted by Gasteiger charge is -2.35. The lowest BCUT2D eigenvalue weighted by Crippen LogP contribution is -2.53. The molecule has 1 amide bonds. The summed E-state index contributed by atoms with van der Waals surface area (Å²) < 4.78 is 21.3. The summed E-state index contributed by atoms with van der Waals surface area (Å²) in [5, 5.41) is 5.03. The molecule has 168 valence electrons. The zero-order valence-corrected chi connectivity index (χ0v) is 18.6. The molecule has 3 rings (SSSR count). The highest BCUT2D eigenvalue weighted by atomic mass is 16.5. The maximum atomic E-state index is 13.0. The fourth-order valence-electron chi connectivity index (χ4n) is 3.72. The molecule has 1 aliphatic rings. The highest BCUT2D eigenvalue weighted by molar-refractivity contribution is 5.95. The number of hydrogen-bond donors (Lipinski definition) is 2. The number of hydrazine groups is 1. The van der Waals surface area contributed by atoms with E-state index in [2.05, 4.69) is 10.7 Å². The van der Waals surface area contributed by atoms with Gasteiger partial charge in [-0.15, -0.1) is 0 Å². The Morgan fingerprint density at radius 2 is 1.55 bits per heavy atom. The van der Waals surface area contributed by atoms with Gasteiger partial charge >= 0.3 is 0 Å². The molecule has 1 heterocycles. The Bertz CT molecular complexity index is 890. The van der Waals surface area contributed by atoms with Crippen LogP contribution in [0, 0.1) is 0 Å². The smallest absolute Gasteiger partial charge is 0.243 e. The summed E-state index contributed by atoms with van der Waals surface area (Å²) in [7, 11) is 6.39. The topological polar surface area (TPSA) is 81.3 Å². The van der Waals surface area contributed by atoms with E-state index in [0.717, 1.165) is 31.4 Å². The molecule has 2 aromatic carbocycles. The molecule has 1 atom stereocenters. The normalized spacial score (nSPS) is 16.5. The first-order chi connectivity index (χ1) is 15.1. The SMILES string of the molecule is COc1ccc(CNN2CCCCC2C(=O)Nc2ccc(OC)c(OC)c2)cc1OC. The molecule has 0 aromatic heterocycles. The van der Waals surface area contributed by atoms with Crippen molar-refractivity contribution in [3.05, 3.63) is 42.0 Å². The molecule has 1 aliphatic heterocycles. The quantitative estimate of drug-likeness (QED) is 0.633. The van der Waals surface area contributed by atoms with Crippen LogP contribution in [0.25, 0.3) is 0 Å². The van der Waals surface area contributed by atoms with E-state index in [9.17, 15) is 4.79 Å². The predicted octanol–water partition coefficient (Wildman–Crippen LogP) is 3.22. The summed E-state index contributed by atoms with van der Waals surface area (Å²) in [6.07, 6.45) is 2.84. The van der Waals surface area contributed by atoms with Crippen LogP contribution in [-0.2, 0) is 11.3 Å². The maximum Gasteiger partial charge on any atom is 0.243 e. The van der Waals surface area contributed by atoms with Crippen LogP contribution in [0.15, 0.2) is 36.4 Å². The standard InChI is InChI=1S/C23H31N3O5/c1-28-19-10-8-16(13-21(19)30-3)15-24-26-12-6-5-7-18(26)23(27)25-17-9-11-20(29-2)22(14-17)31-4/h8-11,13-14,18,24H,5-7,12,15H2,1-4H3,(H,25,27). The third-order valence-corrected chi connectivity index (χ3v) is 5.39. The maximum absolute atomic E-state index is 13.0. The third kappa shape index (κ3) is 5.59. The summed E-state index contributed by atoms with van der Waals surface area (Å²) >= 11 is 0. The Balaban J connectivity index is 1.65. The molecular weight excluding hydrogens is 398 g/mol. The van der Waals surface area contributed by atoms with Crippen LogP contribution >= 0.6 is 0 Å². The number of carbonyl (C=O) groups excluding carboxylic acids is 1. The molecule has 31 heavy (non-hydrogen) atoms. The van der Waals surface area contributed by atoms with Crippen LogP contribution in [0.4, 0.5) is 5.69 Å². The second-order valence-corrected chi connectivity index (χ2v) is 7.29. The van der Waals surface area contributed by atoms with Crippen molar-refractivity contribution in [2.24, 2.45) is 0 Å². The zero-order chi connectivity index (χ0) is 22.2. The molecule has 8 nitrogen and oxygen atoms in total. The Labute approximate surface area is 183 Å². The molecule has 2 N–H and O–H groups in total. The van der Waals surface area contributed by atoms with Gasteiger partial charge in [-0.2, -0.15) is 0 Å². The molecule has 0 saturated carbocycles. The minimum Gasteiger partial charge on any atom is -0.493 e. The largest absolute Gasteiger partial charge is 0.493 e.